The van der Waals surface area contributed by atoms with E-state index >= 15 is 0 Å². The molecule has 1 aromatic carbocycles. The summed E-state index contributed by atoms with van der Waals surface area (Å²) in [7, 11) is -3.80. The largest absolute Gasteiger partial charge is 0.273 e. The van der Waals surface area contributed by atoms with E-state index in [1.54, 1.807) is 18.2 Å². The number of sulfonamides is 1. The van der Waals surface area contributed by atoms with Crippen LogP contribution in [0.2, 0.25) is 0 Å². The van der Waals surface area contributed by atoms with Gasteiger partial charge in [0, 0.05) is 16.9 Å². The zero-order chi connectivity index (χ0) is 14.6. The summed E-state index contributed by atoms with van der Waals surface area (Å²) in [6.07, 6.45) is 2.85. The van der Waals surface area contributed by atoms with E-state index in [0.717, 1.165) is 4.47 Å². The number of nitrogens with one attached hydrogen (secondary N) is 2. The monoisotopic (exact) mass is 355 g/mol. The quantitative estimate of drug-likeness (QED) is 0.812. The maximum Gasteiger partial charge on any atom is 0.267 e. The van der Waals surface area contributed by atoms with Crippen LogP contribution in [0.15, 0.2) is 58.2 Å². The molecule has 0 bridgehead atoms. The normalized spacial score (nSPS) is 11.1. The second-order valence-electron chi connectivity index (χ2n) is 3.76. The number of aromatic nitrogens is 1. The van der Waals surface area contributed by atoms with E-state index in [1.165, 1.54) is 30.6 Å². The van der Waals surface area contributed by atoms with Crippen LogP contribution in [0.4, 0.5) is 0 Å². The lowest BCUT2D eigenvalue weighted by atomic mass is 10.3. The van der Waals surface area contributed by atoms with Gasteiger partial charge >= 0.3 is 0 Å². The Morgan fingerprint density at radius 1 is 1.15 bits per heavy atom. The fourth-order valence-electron chi connectivity index (χ4n) is 1.36. The van der Waals surface area contributed by atoms with Crippen molar-refractivity contribution in [2.24, 2.45) is 0 Å². The van der Waals surface area contributed by atoms with E-state index in [1.807, 2.05) is 4.83 Å². The molecule has 104 valence electrons. The first-order valence-corrected chi connectivity index (χ1v) is 7.74. The first-order chi connectivity index (χ1) is 9.49. The number of carbonyl (C=O) groups excluding carboxylic acids is 1. The summed E-state index contributed by atoms with van der Waals surface area (Å²) in [5.41, 5.74) is 2.38. The third-order valence-electron chi connectivity index (χ3n) is 2.35. The maximum absolute atomic E-state index is 11.9. The highest BCUT2D eigenvalue weighted by molar-refractivity contribution is 9.10. The minimum absolute atomic E-state index is 0.0483. The van der Waals surface area contributed by atoms with Crippen LogP contribution >= 0.6 is 15.9 Å². The van der Waals surface area contributed by atoms with E-state index in [0.29, 0.717) is 0 Å². The van der Waals surface area contributed by atoms with Crippen LogP contribution in [0, 0.1) is 0 Å². The number of hydrogen-bond donors (Lipinski definition) is 2. The van der Waals surface area contributed by atoms with Gasteiger partial charge < -0.3 is 0 Å². The summed E-state index contributed by atoms with van der Waals surface area (Å²) in [5, 5.41) is 0. The predicted octanol–water partition coefficient (Wildman–Crippen LogP) is 1.47. The Kier molecular flexibility index (Phi) is 4.48. The average Bonchev–Trinajstić information content (AvgIpc) is 2.46. The molecule has 8 heteroatoms. The molecule has 0 aliphatic rings. The van der Waals surface area contributed by atoms with Crippen molar-refractivity contribution in [3.63, 3.8) is 0 Å². The molecule has 1 amide bonds. The third kappa shape index (κ3) is 3.62. The summed E-state index contributed by atoms with van der Waals surface area (Å²) < 4.78 is 24.6. The molecule has 20 heavy (non-hydrogen) atoms. The zero-order valence-corrected chi connectivity index (χ0v) is 12.5. The summed E-state index contributed by atoms with van der Waals surface area (Å²) in [6.45, 7) is 0. The molecule has 0 aliphatic heterocycles. The molecule has 6 nitrogen and oxygen atoms in total. The fourth-order valence-corrected chi connectivity index (χ4v) is 2.46. The van der Waals surface area contributed by atoms with Gasteiger partial charge in [0.15, 0.2) is 0 Å². The molecule has 0 saturated heterocycles. The maximum atomic E-state index is 11.9. The van der Waals surface area contributed by atoms with Crippen molar-refractivity contribution >= 4 is 31.9 Å². The highest BCUT2D eigenvalue weighted by Gasteiger charge is 2.15. The Labute approximate surface area is 124 Å². The standard InChI is InChI=1S/C12H10BrN3O3S/c13-10-3-5-11(6-4-10)20(18,19)16-15-12(17)9-2-1-7-14-8-9/h1-8,16H,(H,15,17). The van der Waals surface area contributed by atoms with E-state index < -0.39 is 15.9 Å². The molecule has 0 saturated carbocycles. The minimum Gasteiger partial charge on any atom is -0.273 e. The van der Waals surface area contributed by atoms with Gasteiger partial charge in [-0.1, -0.05) is 15.9 Å². The molecule has 0 aliphatic carbocycles. The number of rotatable bonds is 4. The van der Waals surface area contributed by atoms with Crippen molar-refractivity contribution in [3.05, 3.63) is 58.8 Å². The number of carbonyl (C=O) groups is 1. The number of nitrogens with zero attached hydrogens (tertiary/aromatic N) is 1. The number of hydrazine groups is 1. The minimum atomic E-state index is -3.80. The first-order valence-electron chi connectivity index (χ1n) is 5.47. The number of hydrogen-bond acceptors (Lipinski definition) is 4. The molecule has 0 fully saturated rings. The van der Waals surface area contributed by atoms with Crippen molar-refractivity contribution < 1.29 is 13.2 Å². The van der Waals surface area contributed by atoms with Crippen molar-refractivity contribution in [1.82, 2.24) is 15.2 Å². The molecular formula is C12H10BrN3O3S. The molecule has 0 spiro atoms. The van der Waals surface area contributed by atoms with Crippen LogP contribution in [0.3, 0.4) is 0 Å². The highest BCUT2D eigenvalue weighted by Crippen LogP contribution is 2.14. The van der Waals surface area contributed by atoms with E-state index in [2.05, 4.69) is 26.3 Å². The summed E-state index contributed by atoms with van der Waals surface area (Å²) in [5.74, 6) is -0.584. The Hall–Kier alpha value is -1.77. The van der Waals surface area contributed by atoms with Gasteiger partial charge in [-0.3, -0.25) is 15.2 Å². The van der Waals surface area contributed by atoms with Crippen LogP contribution in [-0.4, -0.2) is 19.3 Å². The Balaban J connectivity index is 2.06. The number of benzene rings is 1. The molecule has 0 radical (unpaired) electrons. The molecule has 2 rings (SSSR count). The van der Waals surface area contributed by atoms with Crippen LogP contribution in [0.25, 0.3) is 0 Å². The van der Waals surface area contributed by atoms with Gasteiger partial charge in [-0.15, -0.1) is 4.83 Å². The molecule has 1 aromatic heterocycles. The SMILES string of the molecule is O=C(NNS(=O)(=O)c1ccc(Br)cc1)c1cccnc1. The molecule has 2 N–H and O–H groups in total. The third-order valence-corrected chi connectivity index (χ3v) is 4.14. The second kappa shape index (κ2) is 6.12. The topological polar surface area (TPSA) is 88.2 Å². The van der Waals surface area contributed by atoms with Crippen LogP contribution < -0.4 is 10.3 Å². The van der Waals surface area contributed by atoms with Crippen molar-refractivity contribution in [1.29, 1.82) is 0 Å². The smallest absolute Gasteiger partial charge is 0.267 e. The van der Waals surface area contributed by atoms with Gasteiger partial charge in [0.2, 0.25) is 0 Å². The zero-order valence-electron chi connectivity index (χ0n) is 10.1. The second-order valence-corrected chi connectivity index (χ2v) is 6.35. The van der Waals surface area contributed by atoms with Crippen molar-refractivity contribution in [3.8, 4) is 0 Å². The van der Waals surface area contributed by atoms with Gasteiger partial charge in [-0.05, 0) is 36.4 Å². The lowest BCUT2D eigenvalue weighted by Crippen LogP contribution is -2.41. The van der Waals surface area contributed by atoms with Gasteiger partial charge in [0.25, 0.3) is 15.9 Å². The van der Waals surface area contributed by atoms with Gasteiger partial charge in [-0.2, -0.15) is 0 Å². The lowest BCUT2D eigenvalue weighted by Gasteiger charge is -2.08. The van der Waals surface area contributed by atoms with E-state index in [4.69, 9.17) is 0 Å². The molecular weight excluding hydrogens is 346 g/mol. The van der Waals surface area contributed by atoms with E-state index in [-0.39, 0.29) is 10.5 Å². The van der Waals surface area contributed by atoms with Crippen molar-refractivity contribution in [2.45, 2.75) is 4.90 Å². The van der Waals surface area contributed by atoms with Gasteiger partial charge in [0.05, 0.1) is 10.5 Å². The Morgan fingerprint density at radius 3 is 2.45 bits per heavy atom. The van der Waals surface area contributed by atoms with Gasteiger partial charge in [0.1, 0.15) is 0 Å². The lowest BCUT2D eigenvalue weighted by molar-refractivity contribution is 0.0944. The fraction of sp³-hybridized carbons (Fsp3) is 0. The number of amides is 1. The van der Waals surface area contributed by atoms with Crippen LogP contribution in [-0.2, 0) is 10.0 Å². The Bertz CT molecular complexity index is 702. The summed E-state index contributed by atoms with van der Waals surface area (Å²) >= 11 is 3.21. The Morgan fingerprint density at radius 2 is 1.85 bits per heavy atom. The number of pyridine rings is 1. The molecule has 1 heterocycles. The van der Waals surface area contributed by atoms with Crippen LogP contribution in [0.1, 0.15) is 10.4 Å². The predicted molar refractivity (Wildman–Crippen MR) is 76.2 cm³/mol. The van der Waals surface area contributed by atoms with Gasteiger partial charge in [-0.25, -0.2) is 8.42 Å². The number of halogens is 1. The van der Waals surface area contributed by atoms with Crippen LogP contribution in [0.5, 0.6) is 0 Å². The average molecular weight is 356 g/mol. The summed E-state index contributed by atoms with van der Waals surface area (Å²) in [4.78, 5) is 17.5. The van der Waals surface area contributed by atoms with E-state index in [9.17, 15) is 13.2 Å². The summed E-state index contributed by atoms with van der Waals surface area (Å²) in [6, 6.07) is 9.13. The highest BCUT2D eigenvalue weighted by atomic mass is 79.9. The molecule has 0 atom stereocenters. The molecule has 2 aromatic rings. The van der Waals surface area contributed by atoms with Crippen molar-refractivity contribution in [2.75, 3.05) is 0 Å². The molecule has 0 unspecified atom stereocenters. The first kappa shape index (κ1) is 14.6.